The molecule has 116 valence electrons. The highest BCUT2D eigenvalue weighted by atomic mass is 16.2. The summed E-state index contributed by atoms with van der Waals surface area (Å²) in [5.41, 5.74) is 0. The minimum atomic E-state index is 0.0941. The van der Waals surface area contributed by atoms with Crippen LogP contribution in [0, 0.1) is 11.8 Å². The van der Waals surface area contributed by atoms with Crippen LogP contribution in [0.3, 0.4) is 0 Å². The Morgan fingerprint density at radius 3 is 1.40 bits per heavy atom. The van der Waals surface area contributed by atoms with Gasteiger partial charge in [0, 0.05) is 23.9 Å². The van der Waals surface area contributed by atoms with Gasteiger partial charge in [0.2, 0.25) is 11.8 Å². The molecule has 2 amide bonds. The molecule has 4 nitrogen and oxygen atoms in total. The van der Waals surface area contributed by atoms with E-state index < -0.39 is 0 Å². The average Bonchev–Trinajstić information content (AvgIpc) is 2.46. The van der Waals surface area contributed by atoms with E-state index in [4.69, 9.17) is 0 Å². The van der Waals surface area contributed by atoms with E-state index in [1.165, 1.54) is 0 Å². The number of hydrogen-bond acceptors (Lipinski definition) is 2. The van der Waals surface area contributed by atoms with Gasteiger partial charge in [0.1, 0.15) is 0 Å². The van der Waals surface area contributed by atoms with Crippen LogP contribution in [-0.2, 0) is 9.59 Å². The van der Waals surface area contributed by atoms with E-state index in [-0.39, 0.29) is 35.7 Å². The summed E-state index contributed by atoms with van der Waals surface area (Å²) in [6.07, 6.45) is 5.25. The Balaban J connectivity index is 2.36. The summed E-state index contributed by atoms with van der Waals surface area (Å²) in [6, 6.07) is 0.489. The maximum Gasteiger partial charge on any atom is 0.223 e. The summed E-state index contributed by atoms with van der Waals surface area (Å²) in [4.78, 5) is 24.1. The van der Waals surface area contributed by atoms with Gasteiger partial charge in [-0.05, 0) is 52.4 Å². The third-order valence-electron chi connectivity index (χ3n) is 4.47. The van der Waals surface area contributed by atoms with Crippen LogP contribution in [0.1, 0.15) is 66.2 Å². The molecule has 4 heteroatoms. The molecule has 0 bridgehead atoms. The van der Waals surface area contributed by atoms with E-state index in [2.05, 4.69) is 24.5 Å². The minimum absolute atomic E-state index is 0.0941. The molecule has 0 aliphatic heterocycles. The van der Waals surface area contributed by atoms with Gasteiger partial charge in [-0.25, -0.2) is 0 Å². The lowest BCUT2D eigenvalue weighted by Gasteiger charge is -2.28. The van der Waals surface area contributed by atoms with Crippen molar-refractivity contribution in [1.29, 1.82) is 0 Å². The average molecular weight is 282 g/mol. The molecule has 0 heterocycles. The summed E-state index contributed by atoms with van der Waals surface area (Å²) in [6.45, 7) is 8.20. The van der Waals surface area contributed by atoms with Gasteiger partial charge in [0.05, 0.1) is 0 Å². The molecule has 1 aliphatic rings. The highest BCUT2D eigenvalue weighted by molar-refractivity contribution is 5.81. The molecule has 0 radical (unpaired) electrons. The van der Waals surface area contributed by atoms with Crippen LogP contribution in [0.25, 0.3) is 0 Å². The Kier molecular flexibility index (Phi) is 7.03. The van der Waals surface area contributed by atoms with Crippen molar-refractivity contribution in [3.8, 4) is 0 Å². The predicted octanol–water partition coefficient (Wildman–Crippen LogP) is 2.62. The van der Waals surface area contributed by atoms with E-state index in [0.29, 0.717) is 0 Å². The van der Waals surface area contributed by atoms with Crippen LogP contribution < -0.4 is 10.6 Å². The molecule has 2 N–H and O–H groups in total. The molecule has 0 aromatic carbocycles. The molecule has 0 saturated heterocycles. The third kappa shape index (κ3) is 5.14. The monoisotopic (exact) mass is 282 g/mol. The van der Waals surface area contributed by atoms with Crippen molar-refractivity contribution in [2.45, 2.75) is 78.3 Å². The van der Waals surface area contributed by atoms with Gasteiger partial charge in [0.15, 0.2) is 0 Å². The lowest BCUT2D eigenvalue weighted by atomic mass is 9.81. The van der Waals surface area contributed by atoms with Crippen molar-refractivity contribution in [3.63, 3.8) is 0 Å². The molecule has 2 unspecified atom stereocenters. The fourth-order valence-electron chi connectivity index (χ4n) is 2.54. The third-order valence-corrected chi connectivity index (χ3v) is 4.47. The normalized spacial score (nSPS) is 25.6. The number of rotatable bonds is 6. The fourth-order valence-corrected chi connectivity index (χ4v) is 2.54. The van der Waals surface area contributed by atoms with Gasteiger partial charge >= 0.3 is 0 Å². The van der Waals surface area contributed by atoms with Gasteiger partial charge < -0.3 is 10.6 Å². The maximum atomic E-state index is 12.1. The Morgan fingerprint density at radius 2 is 1.15 bits per heavy atom. The molecule has 0 aromatic rings. The van der Waals surface area contributed by atoms with Gasteiger partial charge in [-0.1, -0.05) is 13.8 Å². The summed E-state index contributed by atoms with van der Waals surface area (Å²) >= 11 is 0. The molecule has 1 aliphatic carbocycles. The zero-order valence-electron chi connectivity index (χ0n) is 13.4. The first-order chi connectivity index (χ1) is 9.47. The molecule has 2 atom stereocenters. The SMILES string of the molecule is CCC(C)NC(=O)C1CCC(C(=O)NC(C)CC)CC1. The van der Waals surface area contributed by atoms with Gasteiger partial charge in [-0.15, -0.1) is 0 Å². The molecule has 20 heavy (non-hydrogen) atoms. The van der Waals surface area contributed by atoms with Gasteiger partial charge in [-0.2, -0.15) is 0 Å². The van der Waals surface area contributed by atoms with Crippen LogP contribution in [-0.4, -0.2) is 23.9 Å². The molecule has 1 fully saturated rings. The van der Waals surface area contributed by atoms with E-state index in [1.54, 1.807) is 0 Å². The smallest absolute Gasteiger partial charge is 0.223 e. The fraction of sp³-hybridized carbons (Fsp3) is 0.875. The molecule has 0 aromatic heterocycles. The predicted molar refractivity (Wildman–Crippen MR) is 81.2 cm³/mol. The van der Waals surface area contributed by atoms with Gasteiger partial charge in [0.25, 0.3) is 0 Å². The maximum absolute atomic E-state index is 12.1. The first-order valence-electron chi connectivity index (χ1n) is 8.08. The highest BCUT2D eigenvalue weighted by Gasteiger charge is 2.30. The number of amides is 2. The molecule has 1 rings (SSSR count). The lowest BCUT2D eigenvalue weighted by Crippen LogP contribution is -2.41. The van der Waals surface area contributed by atoms with Crippen molar-refractivity contribution in [2.24, 2.45) is 11.8 Å². The highest BCUT2D eigenvalue weighted by Crippen LogP contribution is 2.29. The van der Waals surface area contributed by atoms with Crippen LogP contribution >= 0.6 is 0 Å². The molecular weight excluding hydrogens is 252 g/mol. The second kappa shape index (κ2) is 8.28. The number of carbonyl (C=O) groups is 2. The molecular formula is C16H30N2O2. The van der Waals surface area contributed by atoms with Gasteiger partial charge in [-0.3, -0.25) is 9.59 Å². The summed E-state index contributed by atoms with van der Waals surface area (Å²) < 4.78 is 0. The van der Waals surface area contributed by atoms with Crippen molar-refractivity contribution in [3.05, 3.63) is 0 Å². The minimum Gasteiger partial charge on any atom is -0.353 e. The Morgan fingerprint density at radius 1 is 0.850 bits per heavy atom. The lowest BCUT2D eigenvalue weighted by molar-refractivity contribution is -0.131. The van der Waals surface area contributed by atoms with E-state index in [0.717, 1.165) is 38.5 Å². The second-order valence-corrected chi connectivity index (χ2v) is 6.18. The van der Waals surface area contributed by atoms with Crippen molar-refractivity contribution >= 4 is 11.8 Å². The molecule has 0 spiro atoms. The second-order valence-electron chi connectivity index (χ2n) is 6.18. The van der Waals surface area contributed by atoms with E-state index in [9.17, 15) is 9.59 Å². The van der Waals surface area contributed by atoms with Crippen LogP contribution in [0.15, 0.2) is 0 Å². The molecule has 1 saturated carbocycles. The zero-order valence-corrected chi connectivity index (χ0v) is 13.4. The summed E-state index contributed by atoms with van der Waals surface area (Å²) in [7, 11) is 0. The zero-order chi connectivity index (χ0) is 15.1. The largest absolute Gasteiger partial charge is 0.353 e. The number of nitrogens with one attached hydrogen (secondary N) is 2. The number of carbonyl (C=O) groups excluding carboxylic acids is 2. The van der Waals surface area contributed by atoms with E-state index in [1.807, 2.05) is 13.8 Å². The Bertz CT molecular complexity index is 290. The van der Waals surface area contributed by atoms with Crippen LogP contribution in [0.5, 0.6) is 0 Å². The van der Waals surface area contributed by atoms with Crippen LogP contribution in [0.2, 0.25) is 0 Å². The van der Waals surface area contributed by atoms with Crippen molar-refractivity contribution in [2.75, 3.05) is 0 Å². The van der Waals surface area contributed by atoms with Crippen molar-refractivity contribution in [1.82, 2.24) is 10.6 Å². The quantitative estimate of drug-likeness (QED) is 0.787. The standard InChI is InChI=1S/C16H30N2O2/c1-5-11(3)17-15(19)13-7-9-14(10-8-13)16(20)18-12(4)6-2/h11-14H,5-10H2,1-4H3,(H,17,19)(H,18,20). The summed E-state index contributed by atoms with van der Waals surface area (Å²) in [5, 5.41) is 6.09. The first-order valence-corrected chi connectivity index (χ1v) is 8.08. The van der Waals surface area contributed by atoms with Crippen molar-refractivity contribution < 1.29 is 9.59 Å². The summed E-state index contributed by atoms with van der Waals surface area (Å²) in [5.74, 6) is 0.522. The first kappa shape index (κ1) is 17.0. The Labute approximate surface area is 123 Å². The number of hydrogen-bond donors (Lipinski definition) is 2. The van der Waals surface area contributed by atoms with E-state index >= 15 is 0 Å². The van der Waals surface area contributed by atoms with Crippen LogP contribution in [0.4, 0.5) is 0 Å². The topological polar surface area (TPSA) is 58.2 Å². The Hall–Kier alpha value is -1.06.